The number of hydrogen-bond donors (Lipinski definition) is 0. The maximum atomic E-state index is 12.6. The van der Waals surface area contributed by atoms with E-state index in [4.69, 9.17) is 9.47 Å². The van der Waals surface area contributed by atoms with Gasteiger partial charge in [-0.2, -0.15) is 0 Å². The largest absolute Gasteiger partial charge is 0.464 e. The van der Waals surface area contributed by atoms with Gasteiger partial charge in [0.2, 0.25) is 0 Å². The number of amides is 2. The Morgan fingerprint density at radius 1 is 0.963 bits per heavy atom. The SMILES string of the molecule is CCCCCCCCOCC(COC(C)=O)N1C(=O)c2ccccc2C1=O. The molecule has 0 radical (unpaired) electrons. The third kappa shape index (κ3) is 5.89. The van der Waals surface area contributed by atoms with Crippen LogP contribution in [0.2, 0.25) is 0 Å². The molecule has 1 atom stereocenters. The van der Waals surface area contributed by atoms with Crippen LogP contribution < -0.4 is 0 Å². The zero-order chi connectivity index (χ0) is 19.6. The Bertz CT molecular complexity index is 623. The van der Waals surface area contributed by atoms with Crippen LogP contribution in [0.4, 0.5) is 0 Å². The number of imide groups is 1. The van der Waals surface area contributed by atoms with E-state index >= 15 is 0 Å². The topological polar surface area (TPSA) is 72.9 Å². The summed E-state index contributed by atoms with van der Waals surface area (Å²) in [5, 5.41) is 0. The van der Waals surface area contributed by atoms with Crippen molar-refractivity contribution in [2.45, 2.75) is 58.4 Å². The second kappa shape index (κ2) is 10.8. The lowest BCUT2D eigenvalue weighted by Gasteiger charge is -2.25. The third-order valence-corrected chi connectivity index (χ3v) is 4.62. The van der Waals surface area contributed by atoms with Gasteiger partial charge in [-0.25, -0.2) is 0 Å². The molecule has 6 nitrogen and oxygen atoms in total. The zero-order valence-corrected chi connectivity index (χ0v) is 16.2. The van der Waals surface area contributed by atoms with Crippen molar-refractivity contribution < 1.29 is 23.9 Å². The second-order valence-corrected chi connectivity index (χ2v) is 6.82. The van der Waals surface area contributed by atoms with Crippen molar-refractivity contribution >= 4 is 17.8 Å². The predicted octanol–water partition coefficient (Wildman–Crippen LogP) is 3.59. The minimum Gasteiger partial charge on any atom is -0.464 e. The number of esters is 1. The Kier molecular flexibility index (Phi) is 8.45. The number of benzene rings is 1. The van der Waals surface area contributed by atoms with Gasteiger partial charge < -0.3 is 9.47 Å². The van der Waals surface area contributed by atoms with Gasteiger partial charge in [-0.05, 0) is 18.6 Å². The van der Waals surface area contributed by atoms with Crippen molar-refractivity contribution in [3.8, 4) is 0 Å². The fourth-order valence-electron chi connectivity index (χ4n) is 3.15. The highest BCUT2D eigenvalue weighted by atomic mass is 16.5. The average molecular weight is 375 g/mol. The lowest BCUT2D eigenvalue weighted by Crippen LogP contribution is -2.45. The summed E-state index contributed by atoms with van der Waals surface area (Å²) >= 11 is 0. The smallest absolute Gasteiger partial charge is 0.302 e. The van der Waals surface area contributed by atoms with E-state index in [0.717, 1.165) is 17.7 Å². The number of unbranched alkanes of at least 4 members (excludes halogenated alkanes) is 5. The summed E-state index contributed by atoms with van der Waals surface area (Å²) < 4.78 is 10.8. The molecule has 0 bridgehead atoms. The molecule has 0 saturated heterocycles. The van der Waals surface area contributed by atoms with E-state index in [1.807, 2.05) is 0 Å². The molecule has 1 aromatic carbocycles. The molecule has 148 valence electrons. The summed E-state index contributed by atoms with van der Waals surface area (Å²) in [7, 11) is 0. The van der Waals surface area contributed by atoms with Gasteiger partial charge in [0.15, 0.2) is 0 Å². The summed E-state index contributed by atoms with van der Waals surface area (Å²) in [6.45, 7) is 4.15. The molecule has 27 heavy (non-hydrogen) atoms. The highest BCUT2D eigenvalue weighted by Gasteiger charge is 2.40. The molecule has 1 aliphatic rings. The molecule has 6 heteroatoms. The first-order valence-electron chi connectivity index (χ1n) is 9.74. The molecular formula is C21H29NO5. The van der Waals surface area contributed by atoms with Crippen LogP contribution in [0.1, 0.15) is 73.1 Å². The lowest BCUT2D eigenvalue weighted by atomic mass is 10.1. The molecule has 1 heterocycles. The molecule has 0 fully saturated rings. The van der Waals surface area contributed by atoms with E-state index in [9.17, 15) is 14.4 Å². The van der Waals surface area contributed by atoms with Gasteiger partial charge in [0.25, 0.3) is 11.8 Å². The molecule has 0 aromatic heterocycles. The molecule has 1 unspecified atom stereocenters. The number of nitrogens with zero attached hydrogens (tertiary/aromatic N) is 1. The summed E-state index contributed by atoms with van der Waals surface area (Å²) in [5.41, 5.74) is 0.762. The zero-order valence-electron chi connectivity index (χ0n) is 16.2. The number of rotatable bonds is 12. The van der Waals surface area contributed by atoms with Gasteiger partial charge in [0, 0.05) is 13.5 Å². The highest BCUT2D eigenvalue weighted by Crippen LogP contribution is 2.25. The first kappa shape index (κ1) is 21.1. The monoisotopic (exact) mass is 375 g/mol. The van der Waals surface area contributed by atoms with Gasteiger partial charge in [0.1, 0.15) is 6.61 Å². The van der Waals surface area contributed by atoms with Crippen molar-refractivity contribution in [2.24, 2.45) is 0 Å². The van der Waals surface area contributed by atoms with Crippen LogP contribution in [0, 0.1) is 0 Å². The molecule has 0 spiro atoms. The van der Waals surface area contributed by atoms with Crippen LogP contribution in [0.5, 0.6) is 0 Å². The maximum absolute atomic E-state index is 12.6. The second-order valence-electron chi connectivity index (χ2n) is 6.82. The van der Waals surface area contributed by atoms with Crippen LogP contribution in [0.3, 0.4) is 0 Å². The normalized spacial score (nSPS) is 14.4. The van der Waals surface area contributed by atoms with Crippen LogP contribution in [0.15, 0.2) is 24.3 Å². The van der Waals surface area contributed by atoms with Crippen LogP contribution in [-0.2, 0) is 14.3 Å². The molecule has 1 aromatic rings. The van der Waals surface area contributed by atoms with E-state index in [-0.39, 0.29) is 25.0 Å². The number of carbonyl (C=O) groups is 3. The van der Waals surface area contributed by atoms with Gasteiger partial charge in [-0.15, -0.1) is 0 Å². The maximum Gasteiger partial charge on any atom is 0.302 e. The molecule has 0 saturated carbocycles. The van der Waals surface area contributed by atoms with Crippen LogP contribution >= 0.6 is 0 Å². The van der Waals surface area contributed by atoms with Crippen LogP contribution in [-0.4, -0.2) is 48.5 Å². The summed E-state index contributed by atoms with van der Waals surface area (Å²) in [6, 6.07) is 6.10. The first-order valence-corrected chi connectivity index (χ1v) is 9.74. The van der Waals surface area contributed by atoms with Crippen molar-refractivity contribution in [3.05, 3.63) is 35.4 Å². The lowest BCUT2D eigenvalue weighted by molar-refractivity contribution is -0.142. The van der Waals surface area contributed by atoms with Gasteiger partial charge in [-0.1, -0.05) is 51.2 Å². The fourth-order valence-corrected chi connectivity index (χ4v) is 3.15. The molecule has 0 N–H and O–H groups in total. The fraction of sp³-hybridized carbons (Fsp3) is 0.571. The minimum atomic E-state index is -0.624. The molecule has 0 aliphatic carbocycles. The Balaban J connectivity index is 1.90. The minimum absolute atomic E-state index is 0.0582. The number of ether oxygens (including phenoxy) is 2. The standard InChI is InChI=1S/C21H29NO5/c1-3-4-5-6-7-10-13-26-14-17(15-27-16(2)23)22-20(24)18-11-8-9-12-19(18)21(22)25/h8-9,11-12,17H,3-7,10,13-15H2,1-2H3. The number of hydrogen-bond acceptors (Lipinski definition) is 5. The van der Waals surface area contributed by atoms with E-state index in [0.29, 0.717) is 17.7 Å². The van der Waals surface area contributed by atoms with Gasteiger partial charge in [-0.3, -0.25) is 19.3 Å². The van der Waals surface area contributed by atoms with E-state index in [1.54, 1.807) is 24.3 Å². The predicted molar refractivity (Wildman–Crippen MR) is 102 cm³/mol. The van der Waals surface area contributed by atoms with Gasteiger partial charge in [0.05, 0.1) is 23.8 Å². The van der Waals surface area contributed by atoms with Crippen molar-refractivity contribution in [3.63, 3.8) is 0 Å². The van der Waals surface area contributed by atoms with Crippen molar-refractivity contribution in [1.82, 2.24) is 4.90 Å². The first-order chi connectivity index (χ1) is 13.1. The Hall–Kier alpha value is -2.21. The summed E-state index contributed by atoms with van der Waals surface area (Å²) in [6.07, 6.45) is 6.93. The van der Waals surface area contributed by atoms with Gasteiger partial charge >= 0.3 is 5.97 Å². The van der Waals surface area contributed by atoms with E-state index < -0.39 is 12.0 Å². The summed E-state index contributed by atoms with van der Waals surface area (Å²) in [4.78, 5) is 37.6. The molecular weight excluding hydrogens is 346 g/mol. The van der Waals surface area contributed by atoms with Crippen molar-refractivity contribution in [2.75, 3.05) is 19.8 Å². The number of fused-ring (bicyclic) bond motifs is 1. The Morgan fingerprint density at radius 3 is 2.15 bits per heavy atom. The quantitative estimate of drug-likeness (QED) is 0.317. The van der Waals surface area contributed by atoms with E-state index in [2.05, 4.69) is 6.92 Å². The van der Waals surface area contributed by atoms with E-state index in [1.165, 1.54) is 32.6 Å². The Labute approximate surface area is 160 Å². The van der Waals surface area contributed by atoms with Crippen LogP contribution in [0.25, 0.3) is 0 Å². The number of carbonyl (C=O) groups excluding carboxylic acids is 3. The molecule has 2 amide bonds. The van der Waals surface area contributed by atoms with Crippen molar-refractivity contribution in [1.29, 1.82) is 0 Å². The molecule has 2 rings (SSSR count). The Morgan fingerprint density at radius 2 is 1.56 bits per heavy atom. The molecule has 1 aliphatic heterocycles. The average Bonchev–Trinajstić information content (AvgIpc) is 2.91. The summed E-state index contributed by atoms with van der Waals surface area (Å²) in [5.74, 6) is -1.18. The highest BCUT2D eigenvalue weighted by molar-refractivity contribution is 6.21. The third-order valence-electron chi connectivity index (χ3n) is 4.62.